The van der Waals surface area contributed by atoms with E-state index in [-0.39, 0.29) is 0 Å². The number of hydrogen-bond acceptors (Lipinski definition) is 3. The number of benzene rings is 1. The van der Waals surface area contributed by atoms with E-state index in [1.54, 1.807) is 0 Å². The average Bonchev–Trinajstić information content (AvgIpc) is 2.65. The van der Waals surface area contributed by atoms with Crippen molar-refractivity contribution in [2.45, 2.75) is 13.3 Å². The van der Waals surface area contributed by atoms with Gasteiger partial charge < -0.3 is 4.42 Å². The lowest BCUT2D eigenvalue weighted by Gasteiger charge is -1.97. The monoisotopic (exact) mass is 300 g/mol. The number of rotatable bonds is 2. The minimum atomic E-state index is 0.567. The molecule has 0 aliphatic rings. The Balaban J connectivity index is 2.33. The van der Waals surface area contributed by atoms with Crippen LogP contribution in [0.2, 0.25) is 0 Å². The Morgan fingerprint density at radius 3 is 2.43 bits per heavy atom. The highest BCUT2D eigenvalue weighted by Crippen LogP contribution is 2.18. The Kier molecular flexibility index (Phi) is 2.81. The molecule has 14 heavy (non-hydrogen) atoms. The summed E-state index contributed by atoms with van der Waals surface area (Å²) >= 11 is 2.00. The highest BCUT2D eigenvalue weighted by atomic mass is 127. The SMILES string of the molecule is CCc1ccc(-c2nnc(I)o2)cc1. The summed E-state index contributed by atoms with van der Waals surface area (Å²) < 4.78 is 5.87. The number of hydrogen-bond donors (Lipinski definition) is 0. The van der Waals surface area contributed by atoms with Crippen LogP contribution in [0.1, 0.15) is 12.5 Å². The molecule has 0 amide bonds. The summed E-state index contributed by atoms with van der Waals surface area (Å²) in [6.07, 6.45) is 1.04. The van der Waals surface area contributed by atoms with Gasteiger partial charge in [-0.15, -0.1) is 10.2 Å². The minimum Gasteiger partial charge on any atom is -0.412 e. The molecule has 2 aromatic rings. The van der Waals surface area contributed by atoms with Crippen LogP contribution in [-0.2, 0) is 6.42 Å². The molecule has 2 rings (SSSR count). The van der Waals surface area contributed by atoms with Gasteiger partial charge in [0.2, 0.25) is 5.89 Å². The van der Waals surface area contributed by atoms with E-state index in [0.29, 0.717) is 9.79 Å². The van der Waals surface area contributed by atoms with Gasteiger partial charge >= 0.3 is 0 Å². The molecule has 0 N–H and O–H groups in total. The molecule has 0 spiro atoms. The molecule has 1 heterocycles. The van der Waals surface area contributed by atoms with Crippen LogP contribution in [-0.4, -0.2) is 10.2 Å². The lowest BCUT2D eigenvalue weighted by molar-refractivity contribution is 0.537. The van der Waals surface area contributed by atoms with Crippen LogP contribution in [0, 0.1) is 3.90 Å². The first-order valence-corrected chi connectivity index (χ1v) is 5.46. The van der Waals surface area contributed by atoms with Gasteiger partial charge in [0.25, 0.3) is 3.90 Å². The zero-order valence-electron chi connectivity index (χ0n) is 7.70. The maximum absolute atomic E-state index is 5.31. The molecule has 0 unspecified atom stereocenters. The molecule has 0 fully saturated rings. The van der Waals surface area contributed by atoms with Crippen LogP contribution >= 0.6 is 22.6 Å². The fourth-order valence-electron chi connectivity index (χ4n) is 1.21. The lowest BCUT2D eigenvalue weighted by atomic mass is 10.1. The summed E-state index contributed by atoms with van der Waals surface area (Å²) in [5.74, 6) is 0.581. The first kappa shape index (κ1) is 9.64. The second-order valence-electron chi connectivity index (χ2n) is 2.91. The number of nitrogens with zero attached hydrogens (tertiary/aromatic N) is 2. The molecule has 0 saturated heterocycles. The second kappa shape index (κ2) is 4.08. The lowest BCUT2D eigenvalue weighted by Crippen LogP contribution is -1.81. The van der Waals surface area contributed by atoms with Gasteiger partial charge in [0.05, 0.1) is 0 Å². The van der Waals surface area contributed by atoms with Gasteiger partial charge in [-0.1, -0.05) is 19.1 Å². The molecule has 1 aromatic heterocycles. The van der Waals surface area contributed by atoms with Gasteiger partial charge in [-0.25, -0.2) is 0 Å². The van der Waals surface area contributed by atoms with Gasteiger partial charge in [0.15, 0.2) is 0 Å². The van der Waals surface area contributed by atoms with Gasteiger partial charge in [-0.05, 0) is 24.1 Å². The smallest absolute Gasteiger partial charge is 0.278 e. The van der Waals surface area contributed by atoms with Crippen molar-refractivity contribution in [1.29, 1.82) is 0 Å². The van der Waals surface area contributed by atoms with Crippen LogP contribution in [0.25, 0.3) is 11.5 Å². The predicted octanol–water partition coefficient (Wildman–Crippen LogP) is 2.90. The quantitative estimate of drug-likeness (QED) is 0.801. The van der Waals surface area contributed by atoms with E-state index in [0.717, 1.165) is 12.0 Å². The summed E-state index contributed by atoms with van der Waals surface area (Å²) in [7, 11) is 0. The summed E-state index contributed by atoms with van der Waals surface area (Å²) in [6, 6.07) is 8.16. The topological polar surface area (TPSA) is 38.9 Å². The third-order valence-corrected chi connectivity index (χ3v) is 2.45. The molecule has 0 radical (unpaired) electrons. The number of aryl methyl sites for hydroxylation is 1. The first-order chi connectivity index (χ1) is 6.79. The Bertz CT molecular complexity index is 422. The van der Waals surface area contributed by atoms with E-state index < -0.39 is 0 Å². The molecule has 0 aliphatic heterocycles. The van der Waals surface area contributed by atoms with Crippen LogP contribution in [0.5, 0.6) is 0 Å². The van der Waals surface area contributed by atoms with E-state index in [9.17, 15) is 0 Å². The largest absolute Gasteiger partial charge is 0.412 e. The van der Waals surface area contributed by atoms with Crippen molar-refractivity contribution in [1.82, 2.24) is 10.2 Å². The molecule has 0 bridgehead atoms. The third-order valence-electron chi connectivity index (χ3n) is 2.01. The highest BCUT2D eigenvalue weighted by molar-refractivity contribution is 14.1. The molecule has 1 aromatic carbocycles. The second-order valence-corrected chi connectivity index (χ2v) is 3.83. The van der Waals surface area contributed by atoms with Crippen molar-refractivity contribution < 1.29 is 4.42 Å². The molecular weight excluding hydrogens is 291 g/mol. The maximum Gasteiger partial charge on any atom is 0.278 e. The van der Waals surface area contributed by atoms with Gasteiger partial charge in [-0.2, -0.15) is 0 Å². The highest BCUT2D eigenvalue weighted by Gasteiger charge is 2.05. The van der Waals surface area contributed by atoms with E-state index in [4.69, 9.17) is 4.42 Å². The summed E-state index contributed by atoms with van der Waals surface area (Å²) in [6.45, 7) is 2.13. The van der Waals surface area contributed by atoms with Gasteiger partial charge in [0, 0.05) is 28.2 Å². The number of aromatic nitrogens is 2. The van der Waals surface area contributed by atoms with E-state index in [2.05, 4.69) is 29.3 Å². The Morgan fingerprint density at radius 2 is 1.93 bits per heavy atom. The van der Waals surface area contributed by atoms with Gasteiger partial charge in [0.1, 0.15) is 0 Å². The van der Waals surface area contributed by atoms with Crippen LogP contribution in [0.4, 0.5) is 0 Å². The molecule has 0 atom stereocenters. The first-order valence-electron chi connectivity index (χ1n) is 4.38. The zero-order chi connectivity index (χ0) is 9.97. The van der Waals surface area contributed by atoms with Crippen molar-refractivity contribution >= 4 is 22.6 Å². The van der Waals surface area contributed by atoms with E-state index in [1.807, 2.05) is 34.7 Å². The molecular formula is C10H9IN2O. The van der Waals surface area contributed by atoms with Gasteiger partial charge in [-0.3, -0.25) is 0 Å². The zero-order valence-corrected chi connectivity index (χ0v) is 9.85. The number of halogens is 1. The molecule has 4 heteroatoms. The summed E-state index contributed by atoms with van der Waals surface area (Å²) in [5, 5.41) is 7.72. The Hall–Kier alpha value is -0.910. The standard InChI is InChI=1S/C10H9IN2O/c1-2-7-3-5-8(6-4-7)9-12-13-10(11)14-9/h3-6H,2H2,1H3. The summed E-state index contributed by atoms with van der Waals surface area (Å²) in [4.78, 5) is 0. The maximum atomic E-state index is 5.31. The van der Waals surface area contributed by atoms with Crippen LogP contribution in [0.3, 0.4) is 0 Å². The fraction of sp³-hybridized carbons (Fsp3) is 0.200. The van der Waals surface area contributed by atoms with Crippen LogP contribution < -0.4 is 0 Å². The fourth-order valence-corrected chi connectivity index (χ4v) is 1.52. The van der Waals surface area contributed by atoms with Crippen molar-refractivity contribution in [2.75, 3.05) is 0 Å². The Morgan fingerprint density at radius 1 is 1.21 bits per heavy atom. The normalized spacial score (nSPS) is 10.4. The van der Waals surface area contributed by atoms with Crippen molar-refractivity contribution in [3.8, 4) is 11.5 Å². The van der Waals surface area contributed by atoms with Crippen molar-refractivity contribution in [3.63, 3.8) is 0 Å². The molecule has 3 nitrogen and oxygen atoms in total. The average molecular weight is 300 g/mol. The van der Waals surface area contributed by atoms with Crippen molar-refractivity contribution in [2.24, 2.45) is 0 Å². The summed E-state index contributed by atoms with van der Waals surface area (Å²) in [5.41, 5.74) is 2.28. The van der Waals surface area contributed by atoms with E-state index >= 15 is 0 Å². The van der Waals surface area contributed by atoms with Crippen molar-refractivity contribution in [3.05, 3.63) is 33.7 Å². The molecule has 0 saturated carbocycles. The molecule has 72 valence electrons. The third kappa shape index (κ3) is 1.95. The predicted molar refractivity (Wildman–Crippen MR) is 61.8 cm³/mol. The minimum absolute atomic E-state index is 0.567. The molecule has 0 aliphatic carbocycles. The Labute approximate surface area is 95.7 Å². The van der Waals surface area contributed by atoms with E-state index in [1.165, 1.54) is 5.56 Å². The van der Waals surface area contributed by atoms with Crippen LogP contribution in [0.15, 0.2) is 28.7 Å².